The van der Waals surface area contributed by atoms with E-state index in [1.54, 1.807) is 34.9 Å². The number of carbonyl (C=O) groups is 3. The zero-order chi connectivity index (χ0) is 21.0. The number of carbonyl (C=O) groups excluding carboxylic acids is 3. The van der Waals surface area contributed by atoms with Gasteiger partial charge >= 0.3 is 5.97 Å². The van der Waals surface area contributed by atoms with Gasteiger partial charge in [0.15, 0.2) is 0 Å². The number of benzene rings is 1. The molecule has 8 heteroatoms. The van der Waals surface area contributed by atoms with Crippen molar-refractivity contribution in [2.75, 3.05) is 26.7 Å². The van der Waals surface area contributed by atoms with Crippen molar-refractivity contribution in [1.29, 1.82) is 0 Å². The number of nitrogens with zero attached hydrogens (tertiary/aromatic N) is 2. The maximum absolute atomic E-state index is 13.3. The van der Waals surface area contributed by atoms with E-state index in [-0.39, 0.29) is 17.9 Å². The fourth-order valence-electron chi connectivity index (χ4n) is 3.95. The lowest BCUT2D eigenvalue weighted by molar-refractivity contribution is -0.147. The average Bonchev–Trinajstić information content (AvgIpc) is 2.74. The summed E-state index contributed by atoms with van der Waals surface area (Å²) in [5.41, 5.74) is 0.349. The summed E-state index contributed by atoms with van der Waals surface area (Å²) in [6.07, 6.45) is 3.60. The zero-order valence-electron chi connectivity index (χ0n) is 16.9. The Kier molecular flexibility index (Phi) is 7.00. The van der Waals surface area contributed by atoms with E-state index in [0.717, 1.165) is 12.8 Å². The third kappa shape index (κ3) is 5.01. The van der Waals surface area contributed by atoms with Crippen LogP contribution in [0.5, 0.6) is 5.75 Å². The molecule has 2 fully saturated rings. The quantitative estimate of drug-likeness (QED) is 0.697. The zero-order valence-corrected chi connectivity index (χ0v) is 17.6. The normalized spacial score (nSPS) is 20.3. The Bertz CT molecular complexity index is 776. The summed E-state index contributed by atoms with van der Waals surface area (Å²) in [4.78, 5) is 40.3. The smallest absolute Gasteiger partial charge is 0.328 e. The maximum atomic E-state index is 13.3. The number of methoxy groups -OCH3 is 1. The Morgan fingerprint density at radius 2 is 1.79 bits per heavy atom. The summed E-state index contributed by atoms with van der Waals surface area (Å²) >= 11 is 6.16. The van der Waals surface area contributed by atoms with Gasteiger partial charge in [-0.3, -0.25) is 9.59 Å². The van der Waals surface area contributed by atoms with Gasteiger partial charge < -0.3 is 19.3 Å². The first-order valence-corrected chi connectivity index (χ1v) is 10.4. The van der Waals surface area contributed by atoms with E-state index in [0.29, 0.717) is 55.2 Å². The van der Waals surface area contributed by atoms with Crippen molar-refractivity contribution in [2.45, 2.75) is 51.2 Å². The molecule has 0 aromatic heterocycles. The van der Waals surface area contributed by atoms with E-state index in [4.69, 9.17) is 21.1 Å². The van der Waals surface area contributed by atoms with Crippen molar-refractivity contribution in [3.8, 4) is 5.75 Å². The molecule has 1 unspecified atom stereocenters. The van der Waals surface area contributed by atoms with Crippen LogP contribution < -0.4 is 4.74 Å². The van der Waals surface area contributed by atoms with Crippen LogP contribution >= 0.6 is 11.6 Å². The van der Waals surface area contributed by atoms with Crippen LogP contribution in [0.2, 0.25) is 5.02 Å². The monoisotopic (exact) mass is 422 g/mol. The SMILES string of the molecule is COC(=O)C1CCCCN1C(=O)c1cc(Cl)ccc1OC1CCN(C(C)=O)CC1. The van der Waals surface area contributed by atoms with Gasteiger partial charge in [-0.25, -0.2) is 4.79 Å². The minimum atomic E-state index is -0.591. The molecule has 3 rings (SSSR count). The Morgan fingerprint density at radius 1 is 1.07 bits per heavy atom. The molecular weight excluding hydrogens is 396 g/mol. The van der Waals surface area contributed by atoms with Crippen molar-refractivity contribution >= 4 is 29.4 Å². The molecule has 0 radical (unpaired) electrons. The molecule has 0 bridgehead atoms. The molecule has 158 valence electrons. The van der Waals surface area contributed by atoms with Crippen molar-refractivity contribution in [3.05, 3.63) is 28.8 Å². The maximum Gasteiger partial charge on any atom is 0.328 e. The summed E-state index contributed by atoms with van der Waals surface area (Å²) in [5, 5.41) is 0.429. The number of likely N-dealkylation sites (tertiary alicyclic amines) is 2. The molecule has 29 heavy (non-hydrogen) atoms. The molecule has 2 heterocycles. The van der Waals surface area contributed by atoms with Crippen LogP contribution in [0.15, 0.2) is 18.2 Å². The molecule has 0 aliphatic carbocycles. The van der Waals surface area contributed by atoms with Gasteiger partial charge in [0, 0.05) is 44.4 Å². The molecule has 0 spiro atoms. The van der Waals surface area contributed by atoms with Gasteiger partial charge in [0.25, 0.3) is 5.91 Å². The number of rotatable bonds is 4. The van der Waals surface area contributed by atoms with Crippen LogP contribution in [0.1, 0.15) is 49.4 Å². The average molecular weight is 423 g/mol. The first kappa shape index (κ1) is 21.4. The highest BCUT2D eigenvalue weighted by atomic mass is 35.5. The second-order valence-electron chi connectivity index (χ2n) is 7.50. The summed E-state index contributed by atoms with van der Waals surface area (Å²) < 4.78 is 11.0. The van der Waals surface area contributed by atoms with Gasteiger partial charge in [-0.2, -0.15) is 0 Å². The lowest BCUT2D eigenvalue weighted by Crippen LogP contribution is -2.48. The van der Waals surface area contributed by atoms with E-state index in [1.165, 1.54) is 7.11 Å². The van der Waals surface area contributed by atoms with Gasteiger partial charge in [0.1, 0.15) is 17.9 Å². The van der Waals surface area contributed by atoms with Crippen molar-refractivity contribution < 1.29 is 23.9 Å². The number of hydrogen-bond donors (Lipinski definition) is 0. The Hall–Kier alpha value is -2.28. The number of ether oxygens (including phenoxy) is 2. The van der Waals surface area contributed by atoms with Crippen LogP contribution in [-0.4, -0.2) is 66.5 Å². The van der Waals surface area contributed by atoms with Crippen molar-refractivity contribution in [1.82, 2.24) is 9.80 Å². The Labute approximate surface area is 175 Å². The summed E-state index contributed by atoms with van der Waals surface area (Å²) in [5.74, 6) is -0.169. The fraction of sp³-hybridized carbons (Fsp3) is 0.571. The molecule has 0 saturated carbocycles. The lowest BCUT2D eigenvalue weighted by atomic mass is 10.0. The molecule has 2 saturated heterocycles. The van der Waals surface area contributed by atoms with Crippen LogP contribution in [0, 0.1) is 0 Å². The van der Waals surface area contributed by atoms with E-state index in [9.17, 15) is 14.4 Å². The number of halogens is 1. The first-order chi connectivity index (χ1) is 13.9. The third-order valence-electron chi connectivity index (χ3n) is 5.59. The van der Waals surface area contributed by atoms with Gasteiger partial charge in [-0.1, -0.05) is 11.6 Å². The molecule has 7 nitrogen and oxygen atoms in total. The minimum Gasteiger partial charge on any atom is -0.489 e. The van der Waals surface area contributed by atoms with E-state index < -0.39 is 12.0 Å². The first-order valence-electron chi connectivity index (χ1n) is 10.0. The molecule has 2 aliphatic heterocycles. The lowest BCUT2D eigenvalue weighted by Gasteiger charge is -2.35. The molecule has 0 N–H and O–H groups in total. The molecule has 1 aromatic carbocycles. The van der Waals surface area contributed by atoms with E-state index >= 15 is 0 Å². The standard InChI is InChI=1S/C21H27ClN2O5/c1-14(25)23-11-8-16(9-12-23)29-19-7-6-15(22)13-17(19)20(26)24-10-4-3-5-18(24)21(27)28-2/h6-7,13,16,18H,3-5,8-12H2,1-2H3. The van der Waals surface area contributed by atoms with Gasteiger partial charge in [0.2, 0.25) is 5.91 Å². The Morgan fingerprint density at radius 3 is 2.45 bits per heavy atom. The van der Waals surface area contributed by atoms with Crippen LogP contribution in [0.25, 0.3) is 0 Å². The molecule has 2 amide bonds. The highest BCUT2D eigenvalue weighted by Gasteiger charge is 2.35. The summed E-state index contributed by atoms with van der Waals surface area (Å²) in [7, 11) is 1.33. The highest BCUT2D eigenvalue weighted by Crippen LogP contribution is 2.30. The Balaban J connectivity index is 1.78. The predicted octanol–water partition coefficient (Wildman–Crippen LogP) is 2.90. The predicted molar refractivity (Wildman–Crippen MR) is 108 cm³/mol. The largest absolute Gasteiger partial charge is 0.489 e. The molecule has 1 aromatic rings. The molecule has 2 aliphatic rings. The number of piperidine rings is 2. The van der Waals surface area contributed by atoms with Gasteiger partial charge in [0.05, 0.1) is 12.7 Å². The summed E-state index contributed by atoms with van der Waals surface area (Å²) in [6, 6.07) is 4.38. The number of hydrogen-bond acceptors (Lipinski definition) is 5. The molecular formula is C21H27ClN2O5. The minimum absolute atomic E-state index is 0.0600. The second kappa shape index (κ2) is 9.48. The second-order valence-corrected chi connectivity index (χ2v) is 7.93. The topological polar surface area (TPSA) is 76.2 Å². The van der Waals surface area contributed by atoms with Crippen LogP contribution in [0.4, 0.5) is 0 Å². The van der Waals surface area contributed by atoms with E-state index in [2.05, 4.69) is 0 Å². The molecule has 1 atom stereocenters. The number of amides is 2. The van der Waals surface area contributed by atoms with Crippen molar-refractivity contribution in [3.63, 3.8) is 0 Å². The van der Waals surface area contributed by atoms with Crippen LogP contribution in [0.3, 0.4) is 0 Å². The fourth-order valence-corrected chi connectivity index (χ4v) is 4.12. The summed E-state index contributed by atoms with van der Waals surface area (Å²) in [6.45, 7) is 3.32. The number of esters is 1. The van der Waals surface area contributed by atoms with Gasteiger partial charge in [-0.05, 0) is 37.5 Å². The van der Waals surface area contributed by atoms with Crippen LogP contribution in [-0.2, 0) is 14.3 Å². The van der Waals surface area contributed by atoms with Crippen molar-refractivity contribution in [2.24, 2.45) is 0 Å². The third-order valence-corrected chi connectivity index (χ3v) is 5.82. The highest BCUT2D eigenvalue weighted by molar-refractivity contribution is 6.31. The van der Waals surface area contributed by atoms with Gasteiger partial charge in [-0.15, -0.1) is 0 Å². The van der Waals surface area contributed by atoms with E-state index in [1.807, 2.05) is 0 Å².